The second-order valence-corrected chi connectivity index (χ2v) is 4.34. The summed E-state index contributed by atoms with van der Waals surface area (Å²) in [5.41, 5.74) is 0.695. The van der Waals surface area contributed by atoms with E-state index in [4.69, 9.17) is 0 Å². The summed E-state index contributed by atoms with van der Waals surface area (Å²) in [6.07, 6.45) is 7.45. The quantitative estimate of drug-likeness (QED) is 0.759. The van der Waals surface area contributed by atoms with Gasteiger partial charge in [-0.05, 0) is 39.5 Å². The summed E-state index contributed by atoms with van der Waals surface area (Å²) >= 11 is 0. The Labute approximate surface area is 94.3 Å². The molecule has 2 heteroatoms. The van der Waals surface area contributed by atoms with Gasteiger partial charge in [0.1, 0.15) is 0 Å². The van der Waals surface area contributed by atoms with Crippen LogP contribution in [0, 0.1) is 0 Å². The molecule has 1 heterocycles. The minimum absolute atomic E-state index is 0.609. The minimum Gasteiger partial charge on any atom is -0.389 e. The van der Waals surface area contributed by atoms with Crippen LogP contribution in [0.2, 0.25) is 0 Å². The van der Waals surface area contributed by atoms with Crippen molar-refractivity contribution in [2.75, 3.05) is 13.1 Å². The van der Waals surface area contributed by atoms with Gasteiger partial charge in [-0.2, -0.15) is 0 Å². The Morgan fingerprint density at radius 1 is 1.40 bits per heavy atom. The van der Waals surface area contributed by atoms with Gasteiger partial charge in [0.15, 0.2) is 0 Å². The molecule has 0 spiro atoms. The Bertz CT molecular complexity index is 223. The summed E-state index contributed by atoms with van der Waals surface area (Å²) < 4.78 is 0. The second kappa shape index (κ2) is 6.67. The number of aliphatic hydroxyl groups is 1. The van der Waals surface area contributed by atoms with Crippen LogP contribution >= 0.6 is 0 Å². The first kappa shape index (κ1) is 14.2. The first-order valence-corrected chi connectivity index (χ1v) is 5.79. The summed E-state index contributed by atoms with van der Waals surface area (Å²) in [6, 6.07) is 0. The zero-order chi connectivity index (χ0) is 11.9. The molecule has 1 aliphatic rings. The lowest BCUT2D eigenvalue weighted by Crippen LogP contribution is -2.35. The van der Waals surface area contributed by atoms with Crippen molar-refractivity contribution < 1.29 is 5.11 Å². The zero-order valence-corrected chi connectivity index (χ0v) is 10.7. The third-order valence-corrected chi connectivity index (χ3v) is 2.02. The van der Waals surface area contributed by atoms with Crippen LogP contribution in [-0.4, -0.2) is 28.7 Å². The van der Waals surface area contributed by atoms with E-state index in [0.29, 0.717) is 6.54 Å². The summed E-state index contributed by atoms with van der Waals surface area (Å²) in [5, 5.41) is 9.64. The van der Waals surface area contributed by atoms with E-state index in [1.54, 1.807) is 0 Å². The lowest BCUT2D eigenvalue weighted by molar-refractivity contribution is 0.0512. The Kier molecular flexibility index (Phi) is 6.34. The molecule has 0 saturated heterocycles. The third-order valence-electron chi connectivity index (χ3n) is 2.02. The largest absolute Gasteiger partial charge is 0.389 e. The molecule has 1 aliphatic heterocycles. The highest BCUT2D eigenvalue weighted by Crippen LogP contribution is 2.11. The Morgan fingerprint density at radius 3 is 2.53 bits per heavy atom. The molecule has 0 atom stereocenters. The first-order chi connectivity index (χ1) is 6.97. The molecule has 88 valence electrons. The molecule has 0 bridgehead atoms. The fourth-order valence-corrected chi connectivity index (χ4v) is 1.45. The number of hydrogen-bond acceptors (Lipinski definition) is 2. The van der Waals surface area contributed by atoms with Crippen LogP contribution in [0.15, 0.2) is 23.9 Å². The molecule has 1 N–H and O–H groups in total. The van der Waals surface area contributed by atoms with Crippen molar-refractivity contribution in [2.24, 2.45) is 0 Å². The monoisotopic (exact) mass is 211 g/mol. The summed E-state index contributed by atoms with van der Waals surface area (Å²) in [6.45, 7) is 11.5. The topological polar surface area (TPSA) is 23.5 Å². The van der Waals surface area contributed by atoms with Crippen LogP contribution in [0.3, 0.4) is 0 Å². The predicted molar refractivity (Wildman–Crippen MR) is 66.7 cm³/mol. The molecular formula is C13H25NO. The van der Waals surface area contributed by atoms with E-state index in [0.717, 1.165) is 13.0 Å². The molecule has 0 aromatic carbocycles. The Morgan fingerprint density at radius 2 is 2.00 bits per heavy atom. The first-order valence-electron chi connectivity index (χ1n) is 5.79. The van der Waals surface area contributed by atoms with E-state index >= 15 is 0 Å². The average Bonchev–Trinajstić information content (AvgIpc) is 2.32. The average molecular weight is 211 g/mol. The predicted octanol–water partition coefficient (Wildman–Crippen LogP) is 2.95. The van der Waals surface area contributed by atoms with E-state index in [1.165, 1.54) is 5.57 Å². The second-order valence-electron chi connectivity index (χ2n) is 4.34. The Balaban J connectivity index is 0.000000921. The molecule has 0 unspecified atom stereocenters. The van der Waals surface area contributed by atoms with Crippen LogP contribution in [0.1, 0.15) is 41.0 Å². The van der Waals surface area contributed by atoms with Crippen molar-refractivity contribution in [3.63, 3.8) is 0 Å². The van der Waals surface area contributed by atoms with Gasteiger partial charge in [-0.15, -0.1) is 0 Å². The molecule has 0 aliphatic carbocycles. The standard InChI is InChI=1S/C11H19NO.C2H6/c1-10-5-4-7-12(8-6-10)9-11(2,3)13;1-2/h5-6,8,13H,4,7,9H2,1-3H3;1-2H3. The number of rotatable bonds is 2. The van der Waals surface area contributed by atoms with Gasteiger partial charge < -0.3 is 10.0 Å². The smallest absolute Gasteiger partial charge is 0.0765 e. The van der Waals surface area contributed by atoms with Crippen LogP contribution in [0.4, 0.5) is 0 Å². The molecule has 1 rings (SSSR count). The Hall–Kier alpha value is -0.760. The zero-order valence-electron chi connectivity index (χ0n) is 10.7. The van der Waals surface area contributed by atoms with Crippen LogP contribution in [-0.2, 0) is 0 Å². The third kappa shape index (κ3) is 7.20. The maximum atomic E-state index is 9.64. The summed E-state index contributed by atoms with van der Waals surface area (Å²) in [5.74, 6) is 0. The molecule has 0 saturated carbocycles. The molecular weight excluding hydrogens is 186 g/mol. The van der Waals surface area contributed by atoms with E-state index in [9.17, 15) is 5.11 Å². The summed E-state index contributed by atoms with van der Waals surface area (Å²) in [7, 11) is 0. The van der Waals surface area contributed by atoms with Crippen LogP contribution < -0.4 is 0 Å². The maximum Gasteiger partial charge on any atom is 0.0765 e. The van der Waals surface area contributed by atoms with Gasteiger partial charge in [0.25, 0.3) is 0 Å². The summed E-state index contributed by atoms with van der Waals surface area (Å²) in [4.78, 5) is 2.16. The van der Waals surface area contributed by atoms with Crippen molar-refractivity contribution in [3.8, 4) is 0 Å². The van der Waals surface area contributed by atoms with Crippen LogP contribution in [0.25, 0.3) is 0 Å². The molecule has 0 aromatic heterocycles. The highest BCUT2D eigenvalue weighted by Gasteiger charge is 2.15. The molecule has 0 fully saturated rings. The van der Waals surface area contributed by atoms with Gasteiger partial charge in [-0.3, -0.25) is 0 Å². The van der Waals surface area contributed by atoms with E-state index in [-0.39, 0.29) is 0 Å². The number of allylic oxidation sites excluding steroid dienone is 2. The van der Waals surface area contributed by atoms with E-state index in [2.05, 4.69) is 30.2 Å². The fourth-order valence-electron chi connectivity index (χ4n) is 1.45. The van der Waals surface area contributed by atoms with E-state index in [1.807, 2.05) is 27.7 Å². The van der Waals surface area contributed by atoms with E-state index < -0.39 is 5.60 Å². The van der Waals surface area contributed by atoms with Gasteiger partial charge in [-0.25, -0.2) is 0 Å². The van der Waals surface area contributed by atoms with Crippen molar-refractivity contribution in [1.82, 2.24) is 4.90 Å². The van der Waals surface area contributed by atoms with Crippen molar-refractivity contribution in [3.05, 3.63) is 23.9 Å². The number of β-amino-alcohol motifs (C(OH)–C–C–N with tert-alkyl or cyclic N) is 1. The normalized spacial score (nSPS) is 16.4. The van der Waals surface area contributed by atoms with Crippen LogP contribution in [0.5, 0.6) is 0 Å². The minimum atomic E-state index is -0.609. The SMILES string of the molecule is CC.CC1=CCCN(CC(C)(C)O)C=C1. The van der Waals surface area contributed by atoms with Crippen molar-refractivity contribution >= 4 is 0 Å². The van der Waals surface area contributed by atoms with Crippen molar-refractivity contribution in [2.45, 2.75) is 46.6 Å². The van der Waals surface area contributed by atoms with Gasteiger partial charge in [0.2, 0.25) is 0 Å². The van der Waals surface area contributed by atoms with Crippen molar-refractivity contribution in [1.29, 1.82) is 0 Å². The van der Waals surface area contributed by atoms with Gasteiger partial charge >= 0.3 is 0 Å². The molecule has 15 heavy (non-hydrogen) atoms. The molecule has 0 radical (unpaired) electrons. The fraction of sp³-hybridized carbons (Fsp3) is 0.692. The molecule has 2 nitrogen and oxygen atoms in total. The lowest BCUT2D eigenvalue weighted by atomic mass is 10.1. The number of hydrogen-bond donors (Lipinski definition) is 1. The van der Waals surface area contributed by atoms with Gasteiger partial charge in [0, 0.05) is 13.1 Å². The molecule has 0 amide bonds. The highest BCUT2D eigenvalue weighted by molar-refractivity contribution is 5.17. The lowest BCUT2D eigenvalue weighted by Gasteiger charge is -2.26. The maximum absolute atomic E-state index is 9.64. The number of nitrogens with zero attached hydrogens (tertiary/aromatic N) is 1. The highest BCUT2D eigenvalue weighted by atomic mass is 16.3. The van der Waals surface area contributed by atoms with Gasteiger partial charge in [0.05, 0.1) is 5.60 Å². The molecule has 0 aromatic rings. The van der Waals surface area contributed by atoms with Gasteiger partial charge in [-0.1, -0.05) is 25.5 Å².